The van der Waals surface area contributed by atoms with Crippen molar-refractivity contribution in [2.45, 2.75) is 51.2 Å². The van der Waals surface area contributed by atoms with Crippen LogP contribution in [-0.2, 0) is 10.3 Å². The quantitative estimate of drug-likeness (QED) is 0.320. The Labute approximate surface area is 216 Å². The second kappa shape index (κ2) is 9.43. The Bertz CT molecular complexity index is 1490. The molecular weight excluding hydrogens is 466 g/mol. The first-order valence-corrected chi connectivity index (χ1v) is 12.5. The highest BCUT2D eigenvalue weighted by atomic mass is 16.6. The van der Waals surface area contributed by atoms with Crippen LogP contribution in [0.1, 0.15) is 45.6 Å². The molecule has 0 unspecified atom stereocenters. The van der Waals surface area contributed by atoms with Gasteiger partial charge in [-0.15, -0.1) is 0 Å². The summed E-state index contributed by atoms with van der Waals surface area (Å²) in [5, 5.41) is 3.55. The second-order valence-corrected chi connectivity index (χ2v) is 10.5. The van der Waals surface area contributed by atoms with E-state index in [0.29, 0.717) is 28.0 Å². The van der Waals surface area contributed by atoms with E-state index >= 15 is 0 Å². The van der Waals surface area contributed by atoms with Crippen LogP contribution in [0.4, 0.5) is 4.79 Å². The summed E-state index contributed by atoms with van der Waals surface area (Å²) in [6.45, 7) is 5.55. The van der Waals surface area contributed by atoms with Gasteiger partial charge in [0.2, 0.25) is 5.43 Å². The summed E-state index contributed by atoms with van der Waals surface area (Å²) in [5.41, 5.74) is 2.27. The Kier molecular flexibility index (Phi) is 6.28. The van der Waals surface area contributed by atoms with Crippen molar-refractivity contribution in [1.82, 2.24) is 5.32 Å². The molecule has 6 nitrogen and oxygen atoms in total. The molecule has 6 heteroatoms. The average Bonchev–Trinajstić information content (AvgIpc) is 2.85. The molecule has 1 aromatic heterocycles. The lowest BCUT2D eigenvalue weighted by atomic mass is 9.71. The molecule has 0 saturated heterocycles. The summed E-state index contributed by atoms with van der Waals surface area (Å²) >= 11 is 0. The number of hydrogen-bond acceptors (Lipinski definition) is 5. The van der Waals surface area contributed by atoms with Gasteiger partial charge >= 0.3 is 6.09 Å². The van der Waals surface area contributed by atoms with Crippen molar-refractivity contribution in [3.05, 3.63) is 88.6 Å². The van der Waals surface area contributed by atoms with Gasteiger partial charge in [-0.1, -0.05) is 60.7 Å². The van der Waals surface area contributed by atoms with Gasteiger partial charge in [0.05, 0.1) is 23.6 Å². The van der Waals surface area contributed by atoms with Crippen molar-refractivity contribution in [1.29, 1.82) is 0 Å². The average molecular weight is 498 g/mol. The van der Waals surface area contributed by atoms with E-state index in [2.05, 4.69) is 5.32 Å². The number of carbonyl (C=O) groups excluding carboxylic acids is 1. The van der Waals surface area contributed by atoms with Gasteiger partial charge in [0.1, 0.15) is 11.4 Å². The molecular formula is C31H31NO5. The molecule has 0 radical (unpaired) electrons. The van der Waals surface area contributed by atoms with Crippen molar-refractivity contribution < 1.29 is 18.7 Å². The predicted molar refractivity (Wildman–Crippen MR) is 145 cm³/mol. The number of alkyl carbamates (subject to hydrolysis) is 1. The molecule has 1 aliphatic rings. The Morgan fingerprint density at radius 3 is 2.22 bits per heavy atom. The fraction of sp³-hybridized carbons (Fsp3) is 0.290. The molecule has 4 aromatic rings. The van der Waals surface area contributed by atoms with E-state index in [-0.39, 0.29) is 5.43 Å². The minimum absolute atomic E-state index is 0.128. The molecule has 1 amide bonds. The van der Waals surface area contributed by atoms with Gasteiger partial charge in [0.25, 0.3) is 0 Å². The normalized spacial score (nSPS) is 14.6. The number of fused-ring (bicyclic) bond motifs is 1. The van der Waals surface area contributed by atoms with Crippen LogP contribution in [0.15, 0.2) is 82.0 Å². The molecule has 1 aliphatic carbocycles. The zero-order valence-electron chi connectivity index (χ0n) is 21.6. The monoisotopic (exact) mass is 497 g/mol. The van der Waals surface area contributed by atoms with Crippen LogP contribution in [0.3, 0.4) is 0 Å². The molecule has 1 heterocycles. The number of nitrogens with one attached hydrogen (secondary N) is 1. The largest absolute Gasteiger partial charge is 0.493 e. The van der Waals surface area contributed by atoms with E-state index < -0.39 is 17.2 Å². The Balaban J connectivity index is 1.59. The van der Waals surface area contributed by atoms with Gasteiger partial charge in [-0.25, -0.2) is 4.79 Å². The molecule has 37 heavy (non-hydrogen) atoms. The highest BCUT2D eigenvalue weighted by Crippen LogP contribution is 2.42. The standard InChI is InChI=1S/C31H31NO5/c1-30(2,3)37-29(34)32-31(18-9-19-31)22-16-14-20(15-17-22)25-26(33)23-12-8-13-24(35-4)28(23)36-27(25)21-10-6-5-7-11-21/h5-8,10-17H,9,18-19H2,1-4H3,(H,32,34). The third-order valence-corrected chi connectivity index (χ3v) is 6.81. The third kappa shape index (κ3) is 4.71. The zero-order chi connectivity index (χ0) is 26.2. The van der Waals surface area contributed by atoms with Gasteiger partial charge < -0.3 is 19.2 Å². The Morgan fingerprint density at radius 2 is 1.62 bits per heavy atom. The van der Waals surface area contributed by atoms with Crippen molar-refractivity contribution in [3.8, 4) is 28.2 Å². The summed E-state index contributed by atoms with van der Waals surface area (Å²) in [6, 6.07) is 22.7. The molecule has 5 rings (SSSR count). The number of hydrogen-bond donors (Lipinski definition) is 1. The molecule has 3 aromatic carbocycles. The zero-order valence-corrected chi connectivity index (χ0v) is 21.6. The lowest BCUT2D eigenvalue weighted by Crippen LogP contribution is -2.52. The number of ether oxygens (including phenoxy) is 2. The molecule has 0 bridgehead atoms. The number of methoxy groups -OCH3 is 1. The highest BCUT2D eigenvalue weighted by Gasteiger charge is 2.41. The Morgan fingerprint density at radius 1 is 0.919 bits per heavy atom. The molecule has 0 atom stereocenters. The summed E-state index contributed by atoms with van der Waals surface area (Å²) in [7, 11) is 1.56. The lowest BCUT2D eigenvalue weighted by molar-refractivity contribution is 0.0377. The van der Waals surface area contributed by atoms with Gasteiger partial charge in [0, 0.05) is 5.56 Å². The summed E-state index contributed by atoms with van der Waals surface area (Å²) in [5.74, 6) is 0.995. The van der Waals surface area contributed by atoms with E-state index in [1.165, 1.54) is 0 Å². The first-order valence-electron chi connectivity index (χ1n) is 12.5. The fourth-order valence-corrected chi connectivity index (χ4v) is 4.88. The first kappa shape index (κ1) is 24.6. The second-order valence-electron chi connectivity index (χ2n) is 10.5. The molecule has 0 aliphatic heterocycles. The first-order chi connectivity index (χ1) is 17.7. The minimum Gasteiger partial charge on any atom is -0.493 e. The van der Waals surface area contributed by atoms with E-state index in [1.807, 2.05) is 75.4 Å². The maximum atomic E-state index is 13.8. The molecule has 1 saturated carbocycles. The Hall–Kier alpha value is -4.06. The maximum Gasteiger partial charge on any atom is 0.408 e. The van der Waals surface area contributed by atoms with Crippen molar-refractivity contribution in [2.75, 3.05) is 7.11 Å². The number of carbonyl (C=O) groups is 1. The van der Waals surface area contributed by atoms with Gasteiger partial charge in [-0.2, -0.15) is 0 Å². The fourth-order valence-electron chi connectivity index (χ4n) is 4.88. The molecule has 190 valence electrons. The van der Waals surface area contributed by atoms with Gasteiger partial charge in [-0.3, -0.25) is 4.79 Å². The molecule has 1 fully saturated rings. The SMILES string of the molecule is COc1cccc2c(=O)c(-c3ccc(C4(NC(=O)OC(C)(C)C)CCC4)cc3)c(-c3ccccc3)oc12. The van der Waals surface area contributed by atoms with Crippen molar-refractivity contribution in [2.24, 2.45) is 0 Å². The number of rotatable bonds is 5. The summed E-state index contributed by atoms with van der Waals surface area (Å²) in [6.07, 6.45) is 2.26. The minimum atomic E-state index is -0.570. The third-order valence-electron chi connectivity index (χ3n) is 6.81. The van der Waals surface area contributed by atoms with E-state index in [1.54, 1.807) is 25.3 Å². The topological polar surface area (TPSA) is 77.8 Å². The van der Waals surface area contributed by atoms with E-state index in [9.17, 15) is 9.59 Å². The van der Waals surface area contributed by atoms with Crippen LogP contribution < -0.4 is 15.5 Å². The summed E-state index contributed by atoms with van der Waals surface area (Å²) in [4.78, 5) is 26.4. The lowest BCUT2D eigenvalue weighted by Gasteiger charge is -2.43. The van der Waals surface area contributed by atoms with Crippen LogP contribution in [0.2, 0.25) is 0 Å². The predicted octanol–water partition coefficient (Wildman–Crippen LogP) is 7.04. The van der Waals surface area contributed by atoms with Crippen LogP contribution in [-0.4, -0.2) is 18.8 Å². The smallest absolute Gasteiger partial charge is 0.408 e. The van der Waals surface area contributed by atoms with Gasteiger partial charge in [0.15, 0.2) is 11.3 Å². The van der Waals surface area contributed by atoms with Crippen molar-refractivity contribution in [3.63, 3.8) is 0 Å². The van der Waals surface area contributed by atoms with E-state index in [0.717, 1.165) is 36.0 Å². The van der Waals surface area contributed by atoms with Gasteiger partial charge in [-0.05, 0) is 63.3 Å². The number of para-hydroxylation sites is 1. The highest BCUT2D eigenvalue weighted by molar-refractivity contribution is 5.91. The van der Waals surface area contributed by atoms with Crippen LogP contribution in [0.5, 0.6) is 5.75 Å². The summed E-state index contributed by atoms with van der Waals surface area (Å²) < 4.78 is 17.4. The van der Waals surface area contributed by atoms with E-state index in [4.69, 9.17) is 13.9 Å². The van der Waals surface area contributed by atoms with Crippen LogP contribution in [0, 0.1) is 0 Å². The van der Waals surface area contributed by atoms with Crippen LogP contribution >= 0.6 is 0 Å². The number of amides is 1. The molecule has 0 spiro atoms. The van der Waals surface area contributed by atoms with Crippen LogP contribution in [0.25, 0.3) is 33.4 Å². The molecule has 1 N–H and O–H groups in total. The maximum absolute atomic E-state index is 13.8. The number of benzene rings is 3. The van der Waals surface area contributed by atoms with Crippen molar-refractivity contribution >= 4 is 17.1 Å².